The van der Waals surface area contributed by atoms with Gasteiger partial charge in [-0.2, -0.15) is 0 Å². The van der Waals surface area contributed by atoms with Crippen molar-refractivity contribution in [1.29, 1.82) is 0 Å². The van der Waals surface area contributed by atoms with E-state index in [0.29, 0.717) is 22.3 Å². The van der Waals surface area contributed by atoms with Gasteiger partial charge in [0.1, 0.15) is 11.4 Å². The molecule has 1 N–H and O–H groups in total. The van der Waals surface area contributed by atoms with Gasteiger partial charge in [-0.1, -0.05) is 11.6 Å². The summed E-state index contributed by atoms with van der Waals surface area (Å²) in [7, 11) is 4.64. The van der Waals surface area contributed by atoms with Crippen LogP contribution in [0.3, 0.4) is 0 Å². The fraction of sp³-hybridized carbons (Fsp3) is 0.250. The number of benzene rings is 1. The molecule has 0 unspecified atom stereocenters. The van der Waals surface area contributed by atoms with Crippen LogP contribution in [0.25, 0.3) is 0 Å². The van der Waals surface area contributed by atoms with Crippen LogP contribution in [0.1, 0.15) is 16.1 Å². The highest BCUT2D eigenvalue weighted by Crippen LogP contribution is 2.34. The predicted molar refractivity (Wildman–Crippen MR) is 86.5 cm³/mol. The summed E-state index contributed by atoms with van der Waals surface area (Å²) in [6.45, 7) is 0.247. The van der Waals surface area contributed by atoms with Crippen molar-refractivity contribution >= 4 is 17.5 Å². The normalized spacial score (nSPS) is 10.1. The van der Waals surface area contributed by atoms with Crippen molar-refractivity contribution in [2.75, 3.05) is 21.3 Å². The van der Waals surface area contributed by atoms with Crippen LogP contribution in [0.15, 0.2) is 30.5 Å². The van der Waals surface area contributed by atoms with Gasteiger partial charge in [0.25, 0.3) is 5.91 Å². The Morgan fingerprint density at radius 3 is 2.35 bits per heavy atom. The molecule has 122 valence electrons. The Labute approximate surface area is 139 Å². The Balaban J connectivity index is 2.17. The summed E-state index contributed by atoms with van der Waals surface area (Å²) in [5, 5.41) is 3.22. The van der Waals surface area contributed by atoms with Crippen molar-refractivity contribution in [3.05, 3.63) is 46.7 Å². The molecule has 1 aromatic heterocycles. The van der Waals surface area contributed by atoms with Gasteiger partial charge in [-0.15, -0.1) is 0 Å². The van der Waals surface area contributed by atoms with E-state index in [1.54, 1.807) is 39.5 Å². The third kappa shape index (κ3) is 4.04. The predicted octanol–water partition coefficient (Wildman–Crippen LogP) is 2.69. The largest absolute Gasteiger partial charge is 0.496 e. The molecule has 0 saturated heterocycles. The molecule has 0 aliphatic heterocycles. The highest BCUT2D eigenvalue weighted by molar-refractivity contribution is 6.30. The zero-order chi connectivity index (χ0) is 16.8. The molecule has 1 aromatic carbocycles. The van der Waals surface area contributed by atoms with Gasteiger partial charge >= 0.3 is 0 Å². The number of methoxy groups -OCH3 is 3. The molecule has 1 amide bonds. The Morgan fingerprint density at radius 2 is 1.74 bits per heavy atom. The lowest BCUT2D eigenvalue weighted by Crippen LogP contribution is -2.24. The quantitative estimate of drug-likeness (QED) is 0.878. The first-order valence-corrected chi connectivity index (χ1v) is 7.15. The third-order valence-corrected chi connectivity index (χ3v) is 3.42. The van der Waals surface area contributed by atoms with Gasteiger partial charge in [-0.05, 0) is 18.2 Å². The number of nitrogens with one attached hydrogen (secondary N) is 1. The van der Waals surface area contributed by atoms with Gasteiger partial charge < -0.3 is 19.5 Å². The molecule has 0 saturated carbocycles. The van der Waals surface area contributed by atoms with E-state index in [-0.39, 0.29) is 18.1 Å². The summed E-state index contributed by atoms with van der Waals surface area (Å²) < 4.78 is 15.8. The Bertz CT molecular complexity index is 706. The molecule has 0 fully saturated rings. The van der Waals surface area contributed by atoms with Crippen molar-refractivity contribution < 1.29 is 19.0 Å². The van der Waals surface area contributed by atoms with E-state index in [1.807, 2.05) is 0 Å². The SMILES string of the molecule is COc1cc(OC)c(OC)cc1CNC(=O)c1cc(Cl)ccn1. The van der Waals surface area contributed by atoms with E-state index in [0.717, 1.165) is 5.56 Å². The van der Waals surface area contributed by atoms with Crippen LogP contribution in [0.4, 0.5) is 0 Å². The maximum Gasteiger partial charge on any atom is 0.270 e. The highest BCUT2D eigenvalue weighted by atomic mass is 35.5. The molecule has 0 radical (unpaired) electrons. The maximum atomic E-state index is 12.1. The number of ether oxygens (including phenoxy) is 3. The minimum atomic E-state index is -0.329. The number of hydrogen-bond acceptors (Lipinski definition) is 5. The summed E-state index contributed by atoms with van der Waals surface area (Å²) in [5.74, 6) is 1.36. The average molecular weight is 337 g/mol. The first-order valence-electron chi connectivity index (χ1n) is 6.77. The van der Waals surface area contributed by atoms with Crippen LogP contribution >= 0.6 is 11.6 Å². The second-order valence-electron chi connectivity index (χ2n) is 4.56. The van der Waals surface area contributed by atoms with Crippen molar-refractivity contribution in [3.8, 4) is 17.2 Å². The lowest BCUT2D eigenvalue weighted by molar-refractivity contribution is 0.0945. The lowest BCUT2D eigenvalue weighted by atomic mass is 10.1. The number of rotatable bonds is 6. The van der Waals surface area contributed by atoms with Crippen molar-refractivity contribution in [2.45, 2.75) is 6.54 Å². The third-order valence-electron chi connectivity index (χ3n) is 3.18. The van der Waals surface area contributed by atoms with E-state index in [9.17, 15) is 4.79 Å². The number of aromatic nitrogens is 1. The van der Waals surface area contributed by atoms with Crippen LogP contribution in [0.5, 0.6) is 17.2 Å². The molecule has 0 spiro atoms. The van der Waals surface area contributed by atoms with E-state index < -0.39 is 0 Å². The van der Waals surface area contributed by atoms with E-state index in [1.165, 1.54) is 12.3 Å². The molecule has 0 aliphatic carbocycles. The number of halogens is 1. The van der Waals surface area contributed by atoms with Gasteiger partial charge in [0.05, 0.1) is 21.3 Å². The summed E-state index contributed by atoms with van der Waals surface area (Å²) in [6.07, 6.45) is 1.48. The van der Waals surface area contributed by atoms with E-state index in [4.69, 9.17) is 25.8 Å². The Morgan fingerprint density at radius 1 is 1.09 bits per heavy atom. The first kappa shape index (κ1) is 16.9. The molecule has 6 nitrogen and oxygen atoms in total. The summed E-state index contributed by atoms with van der Waals surface area (Å²) in [6, 6.07) is 6.57. The van der Waals surface area contributed by atoms with Gasteiger partial charge in [0.2, 0.25) is 0 Å². The second kappa shape index (κ2) is 7.69. The minimum Gasteiger partial charge on any atom is -0.496 e. The molecule has 23 heavy (non-hydrogen) atoms. The molecule has 0 aliphatic rings. The van der Waals surface area contributed by atoms with Gasteiger partial charge in [-0.25, -0.2) is 0 Å². The number of amides is 1. The molecule has 2 aromatic rings. The second-order valence-corrected chi connectivity index (χ2v) is 5.00. The molecule has 0 atom stereocenters. The molecule has 2 rings (SSSR count). The minimum absolute atomic E-state index is 0.247. The van der Waals surface area contributed by atoms with Gasteiger partial charge in [0.15, 0.2) is 11.5 Å². The fourth-order valence-corrected chi connectivity index (χ4v) is 2.19. The number of nitrogens with zero attached hydrogens (tertiary/aromatic N) is 1. The average Bonchev–Trinajstić information content (AvgIpc) is 2.58. The number of carbonyl (C=O) groups excluding carboxylic acids is 1. The fourth-order valence-electron chi connectivity index (χ4n) is 2.03. The van der Waals surface area contributed by atoms with Crippen LogP contribution in [0, 0.1) is 0 Å². The smallest absolute Gasteiger partial charge is 0.270 e. The Hall–Kier alpha value is -2.47. The molecule has 0 bridgehead atoms. The summed E-state index contributed by atoms with van der Waals surface area (Å²) in [4.78, 5) is 16.1. The lowest BCUT2D eigenvalue weighted by Gasteiger charge is -2.14. The number of carbonyl (C=O) groups is 1. The maximum absolute atomic E-state index is 12.1. The van der Waals surface area contributed by atoms with E-state index >= 15 is 0 Å². The molecule has 7 heteroatoms. The molecular formula is C16H17ClN2O4. The van der Waals surface area contributed by atoms with Crippen LogP contribution in [0.2, 0.25) is 5.02 Å². The summed E-state index contributed by atoms with van der Waals surface area (Å²) in [5.41, 5.74) is 0.998. The zero-order valence-corrected chi connectivity index (χ0v) is 13.8. The van der Waals surface area contributed by atoms with Crippen LogP contribution in [-0.4, -0.2) is 32.2 Å². The Kier molecular flexibility index (Phi) is 5.65. The number of pyridine rings is 1. The van der Waals surface area contributed by atoms with E-state index in [2.05, 4.69) is 10.3 Å². The van der Waals surface area contributed by atoms with Crippen molar-refractivity contribution in [1.82, 2.24) is 10.3 Å². The van der Waals surface area contributed by atoms with Crippen LogP contribution in [-0.2, 0) is 6.54 Å². The van der Waals surface area contributed by atoms with Gasteiger partial charge in [-0.3, -0.25) is 9.78 Å². The standard InChI is InChI=1S/C16H17ClN2O4/c1-21-13-8-15(23-3)14(22-2)6-10(13)9-19-16(20)12-7-11(17)4-5-18-12/h4-8H,9H2,1-3H3,(H,19,20). The first-order chi connectivity index (χ1) is 11.1. The molecule has 1 heterocycles. The molecular weight excluding hydrogens is 320 g/mol. The monoisotopic (exact) mass is 336 g/mol. The number of hydrogen-bond donors (Lipinski definition) is 1. The summed E-state index contributed by atoms with van der Waals surface area (Å²) >= 11 is 5.86. The van der Waals surface area contributed by atoms with Crippen LogP contribution < -0.4 is 19.5 Å². The van der Waals surface area contributed by atoms with Gasteiger partial charge in [0, 0.05) is 29.4 Å². The highest BCUT2D eigenvalue weighted by Gasteiger charge is 2.14. The van der Waals surface area contributed by atoms with Crippen molar-refractivity contribution in [3.63, 3.8) is 0 Å². The zero-order valence-electron chi connectivity index (χ0n) is 13.1. The van der Waals surface area contributed by atoms with Crippen molar-refractivity contribution in [2.24, 2.45) is 0 Å². The topological polar surface area (TPSA) is 69.7 Å².